The van der Waals surface area contributed by atoms with Crippen molar-refractivity contribution in [1.29, 1.82) is 0 Å². The molecule has 4 unspecified atom stereocenters. The normalized spacial score (nSPS) is 29.5. The molecule has 4 bridgehead atoms. The second-order valence-electron chi connectivity index (χ2n) is 19.8. The van der Waals surface area contributed by atoms with Crippen molar-refractivity contribution in [1.82, 2.24) is 25.4 Å². The molecule has 68 heavy (non-hydrogen) atoms. The van der Waals surface area contributed by atoms with Crippen molar-refractivity contribution in [3.8, 4) is 11.1 Å². The maximum absolute atomic E-state index is 15.0. The zero-order valence-corrected chi connectivity index (χ0v) is 38.8. The van der Waals surface area contributed by atoms with E-state index in [9.17, 15) is 39.0 Å². The fourth-order valence-electron chi connectivity index (χ4n) is 13.6. The first-order valence-electron chi connectivity index (χ1n) is 23.3. The standard InChI is InChI=1S/C51H59N9O8/c1-48(27-41(52)61)32-12-16-34(17-13-32)50(48,44(63)55-46(65)66)58-25-5-7-37(58)39-22-23-40(60(39)36-20-9-30(10-21-36)31-11-24-43(54-29-31)57(3)4)38-8-6-26-59(38)51(45(64)56-47(67)68)35-18-14-33(15-19-35)49(51,2)28-42(53)62/h9-21,24,29,37-40H,5-8,22-23,25-28H2,1-4H3,(H2,52,61)(H2,53,62)(H,55,63)(H,56,64)(H,65,66)(H,67,68)/t37?,38?,39-,40-,48?,49?,50-,51-/m1/s1. The van der Waals surface area contributed by atoms with Gasteiger partial charge in [0.2, 0.25) is 11.8 Å². The molecule has 1 aromatic heterocycles. The summed E-state index contributed by atoms with van der Waals surface area (Å²) in [5, 5.41) is 24.7. The molecule has 0 spiro atoms. The number of carbonyl (C=O) groups excluding carboxylic acids is 4. The number of primary amides is 2. The number of pyridine rings is 1. The van der Waals surface area contributed by atoms with E-state index >= 15 is 0 Å². The molecule has 3 fully saturated rings. The van der Waals surface area contributed by atoms with Gasteiger partial charge in [-0.2, -0.15) is 0 Å². The number of aromatic nitrogens is 1. The van der Waals surface area contributed by atoms with Crippen molar-refractivity contribution in [2.24, 2.45) is 11.5 Å². The predicted molar refractivity (Wildman–Crippen MR) is 254 cm³/mol. The molecular formula is C51H59N9O8. The number of nitrogens with two attached hydrogens (primary N) is 2. The Kier molecular flexibility index (Phi) is 11.6. The number of amides is 6. The van der Waals surface area contributed by atoms with E-state index in [-0.39, 0.29) is 37.0 Å². The van der Waals surface area contributed by atoms with Crippen LogP contribution in [0.1, 0.15) is 87.5 Å². The molecule has 4 aromatic rings. The Bertz CT molecular complexity index is 2530. The molecule has 0 saturated carbocycles. The molecule has 17 nitrogen and oxygen atoms in total. The van der Waals surface area contributed by atoms with Crippen molar-refractivity contribution < 1.29 is 39.0 Å². The van der Waals surface area contributed by atoms with E-state index < -0.39 is 57.7 Å². The average molecular weight is 926 g/mol. The Labute approximate surface area is 394 Å². The Morgan fingerprint density at radius 3 is 1.38 bits per heavy atom. The molecule has 4 aliphatic carbocycles. The predicted octanol–water partition coefficient (Wildman–Crippen LogP) is 4.75. The largest absolute Gasteiger partial charge is 0.465 e. The Hall–Kier alpha value is -6.85. The Morgan fingerprint density at radius 1 is 0.603 bits per heavy atom. The van der Waals surface area contributed by atoms with E-state index in [1.807, 2.05) is 99.7 Å². The number of fused-ring (bicyclic) bond motifs is 6. The number of nitrogens with one attached hydrogen (secondary N) is 2. The summed E-state index contributed by atoms with van der Waals surface area (Å²) in [5.74, 6) is -1.95. The smallest absolute Gasteiger partial charge is 0.411 e. The van der Waals surface area contributed by atoms with E-state index in [0.29, 0.717) is 73.9 Å². The van der Waals surface area contributed by atoms with Crippen LogP contribution in [0.4, 0.5) is 21.1 Å². The summed E-state index contributed by atoms with van der Waals surface area (Å²) in [6.45, 7) is 4.48. The van der Waals surface area contributed by atoms with Gasteiger partial charge in [0.1, 0.15) is 16.9 Å². The van der Waals surface area contributed by atoms with Crippen LogP contribution in [0.5, 0.6) is 0 Å². The van der Waals surface area contributed by atoms with Crippen LogP contribution in [-0.2, 0) is 41.1 Å². The lowest BCUT2D eigenvalue weighted by atomic mass is 9.56. The van der Waals surface area contributed by atoms with Crippen molar-refractivity contribution in [3.05, 3.63) is 113 Å². The maximum Gasteiger partial charge on any atom is 0.411 e. The molecule has 356 valence electrons. The number of carboxylic acid groups (broad SMARTS) is 2. The highest BCUT2D eigenvalue weighted by atomic mass is 16.4. The van der Waals surface area contributed by atoms with Crippen LogP contribution < -0.4 is 31.9 Å². The second-order valence-corrected chi connectivity index (χ2v) is 19.8. The molecular weight excluding hydrogens is 867 g/mol. The third kappa shape index (κ3) is 6.91. The fourth-order valence-corrected chi connectivity index (χ4v) is 13.6. The number of likely N-dealkylation sites (tertiary alicyclic amines) is 2. The topological polar surface area (TPSA) is 245 Å². The summed E-state index contributed by atoms with van der Waals surface area (Å²) in [4.78, 5) is 94.1. The number of imide groups is 2. The lowest BCUT2D eigenvalue weighted by molar-refractivity contribution is -0.144. The summed E-state index contributed by atoms with van der Waals surface area (Å²) in [6, 6.07) is 25.8. The van der Waals surface area contributed by atoms with Crippen LogP contribution in [0, 0.1) is 0 Å². The number of rotatable bonds is 13. The SMILES string of the molecule is CN(C)c1ccc(-c2ccc(N3[C@@H](C4CCCN4[C@@]4(C(=O)NC(=O)O)c5ccc(cc5)C4(C)CC(N)=O)CC[C@@H]3C3CCCN3[C@@]3(C(=O)NC(=O)O)c4ccc(cc4)C3(C)CC(N)=O)cc2)cn1. The second kappa shape index (κ2) is 17.0. The number of carbonyl (C=O) groups is 6. The quantitative estimate of drug-likeness (QED) is 0.106. The maximum atomic E-state index is 15.0. The number of hydrogen-bond acceptors (Lipinski definition) is 11. The van der Waals surface area contributed by atoms with E-state index in [1.54, 1.807) is 0 Å². The van der Waals surface area contributed by atoms with E-state index in [4.69, 9.17) is 11.5 Å². The van der Waals surface area contributed by atoms with E-state index in [0.717, 1.165) is 22.6 Å². The van der Waals surface area contributed by atoms with Gasteiger partial charge in [0.15, 0.2) is 0 Å². The first-order chi connectivity index (χ1) is 32.4. The Balaban J connectivity index is 1.19. The number of benzene rings is 3. The number of hydrogen-bond donors (Lipinski definition) is 6. The van der Waals surface area contributed by atoms with E-state index in [2.05, 4.69) is 54.6 Å². The highest BCUT2D eigenvalue weighted by Crippen LogP contribution is 2.58. The molecule has 4 heterocycles. The Morgan fingerprint density at radius 2 is 1.01 bits per heavy atom. The van der Waals surface area contributed by atoms with Crippen LogP contribution in [0.25, 0.3) is 11.1 Å². The minimum absolute atomic E-state index is 0.220. The van der Waals surface area contributed by atoms with Crippen LogP contribution >= 0.6 is 0 Å². The fraction of sp³-hybridized carbons (Fsp3) is 0.431. The summed E-state index contributed by atoms with van der Waals surface area (Å²) >= 11 is 0. The molecule has 7 aliphatic rings. The number of nitrogens with zero attached hydrogens (tertiary/aromatic N) is 5. The van der Waals surface area contributed by atoms with Gasteiger partial charge in [-0.1, -0.05) is 74.5 Å². The van der Waals surface area contributed by atoms with Crippen molar-refractivity contribution in [3.63, 3.8) is 0 Å². The molecule has 11 rings (SSSR count). The molecule has 8 N–H and O–H groups in total. The lowest BCUT2D eigenvalue weighted by Crippen LogP contribution is -2.72. The highest BCUT2D eigenvalue weighted by molar-refractivity contribution is 6.01. The first-order valence-corrected chi connectivity index (χ1v) is 23.3. The first kappa shape index (κ1) is 46.3. The van der Waals surface area contributed by atoms with Crippen molar-refractivity contribution in [2.75, 3.05) is 37.0 Å². The van der Waals surface area contributed by atoms with Gasteiger partial charge in [0.25, 0.3) is 11.8 Å². The third-order valence-electron chi connectivity index (χ3n) is 16.2. The third-order valence-corrected chi connectivity index (χ3v) is 16.2. The van der Waals surface area contributed by atoms with Gasteiger partial charge < -0.3 is 31.5 Å². The molecule has 0 radical (unpaired) electrons. The molecule has 8 atom stereocenters. The summed E-state index contributed by atoms with van der Waals surface area (Å²) in [6.07, 6.45) is 2.27. The summed E-state index contributed by atoms with van der Waals surface area (Å²) < 4.78 is 0. The molecule has 3 aliphatic heterocycles. The van der Waals surface area contributed by atoms with Crippen molar-refractivity contribution >= 4 is 47.3 Å². The van der Waals surface area contributed by atoms with Gasteiger partial charge in [0.05, 0.1) is 0 Å². The van der Waals surface area contributed by atoms with E-state index in [1.165, 1.54) is 0 Å². The van der Waals surface area contributed by atoms with Gasteiger partial charge in [-0.25, -0.2) is 14.6 Å². The van der Waals surface area contributed by atoms with Gasteiger partial charge in [-0.15, -0.1) is 0 Å². The van der Waals surface area contributed by atoms with Gasteiger partial charge >= 0.3 is 12.2 Å². The molecule has 3 saturated heterocycles. The van der Waals surface area contributed by atoms with Crippen molar-refractivity contribution in [2.45, 2.75) is 111 Å². The zero-order valence-electron chi connectivity index (χ0n) is 38.8. The zero-order chi connectivity index (χ0) is 48.5. The van der Waals surface area contributed by atoms with Gasteiger partial charge in [-0.3, -0.25) is 39.6 Å². The minimum atomic E-state index is -1.64. The molecule has 17 heteroatoms. The summed E-state index contributed by atoms with van der Waals surface area (Å²) in [7, 11) is 3.86. The molecule has 3 aromatic carbocycles. The minimum Gasteiger partial charge on any atom is -0.465 e. The average Bonchev–Trinajstić information content (AvgIpc) is 4.07. The molecule has 6 amide bonds. The van der Waals surface area contributed by atoms with Crippen LogP contribution in [0.3, 0.4) is 0 Å². The highest BCUT2D eigenvalue weighted by Gasteiger charge is 2.67. The summed E-state index contributed by atoms with van der Waals surface area (Å²) in [5.41, 5.74) is 11.5. The van der Waals surface area contributed by atoms with Crippen LogP contribution in [0.2, 0.25) is 0 Å². The van der Waals surface area contributed by atoms with Gasteiger partial charge in [0, 0.05) is 79.4 Å². The van der Waals surface area contributed by atoms with Crippen LogP contribution in [-0.4, -0.2) is 112 Å². The monoisotopic (exact) mass is 925 g/mol. The lowest BCUT2D eigenvalue weighted by Gasteiger charge is -2.58. The van der Waals surface area contributed by atoms with Gasteiger partial charge in [-0.05, 0) is 104 Å². The number of anilines is 2. The van der Waals surface area contributed by atoms with Crippen LogP contribution in [0.15, 0.2) is 91.1 Å².